The van der Waals surface area contributed by atoms with Gasteiger partial charge in [0.1, 0.15) is 0 Å². The molecule has 0 saturated carbocycles. The third-order valence-electron chi connectivity index (χ3n) is 2.55. The van der Waals surface area contributed by atoms with E-state index in [1.807, 2.05) is 25.1 Å². The van der Waals surface area contributed by atoms with E-state index in [1.165, 1.54) is 6.21 Å². The first-order valence-electron chi connectivity index (χ1n) is 5.12. The molecule has 1 aromatic carbocycles. The van der Waals surface area contributed by atoms with Gasteiger partial charge in [0, 0.05) is 6.21 Å². The van der Waals surface area contributed by atoms with E-state index in [0.29, 0.717) is 8.58 Å². The molecule has 0 bridgehead atoms. The predicted octanol–water partition coefficient (Wildman–Crippen LogP) is 2.20. The molecule has 4 heteroatoms. The van der Waals surface area contributed by atoms with Gasteiger partial charge in [-0.3, -0.25) is 4.79 Å². The summed E-state index contributed by atoms with van der Waals surface area (Å²) in [5.74, 6) is -0.753. The smallest absolute Gasteiger partial charge is 0.303 e. The lowest BCUT2D eigenvalue weighted by Crippen LogP contribution is -2.08. The zero-order valence-corrected chi connectivity index (χ0v) is 10.4. The van der Waals surface area contributed by atoms with Gasteiger partial charge in [-0.25, -0.2) is 0 Å². The van der Waals surface area contributed by atoms with E-state index in [1.54, 1.807) is 0 Å². The van der Waals surface area contributed by atoms with Crippen molar-refractivity contribution in [1.29, 1.82) is 5.41 Å². The van der Waals surface area contributed by atoms with Crippen molar-refractivity contribution in [2.24, 2.45) is 0 Å². The summed E-state index contributed by atoms with van der Waals surface area (Å²) in [6, 6.07) is 5.83. The van der Waals surface area contributed by atoms with E-state index in [4.69, 9.17) is 10.5 Å². The first kappa shape index (κ1) is 12.9. The maximum atomic E-state index is 10.6. The highest BCUT2D eigenvalue weighted by Crippen LogP contribution is 2.20. The van der Waals surface area contributed by atoms with Gasteiger partial charge < -0.3 is 10.5 Å². The van der Waals surface area contributed by atoms with Gasteiger partial charge in [-0.1, -0.05) is 33.7 Å². The van der Waals surface area contributed by atoms with Crippen molar-refractivity contribution in [3.05, 3.63) is 29.3 Å². The number of hydrogen-bond acceptors (Lipinski definition) is 2. The van der Waals surface area contributed by atoms with Crippen molar-refractivity contribution < 1.29 is 9.90 Å². The van der Waals surface area contributed by atoms with Crippen LogP contribution in [0.5, 0.6) is 0 Å². The Morgan fingerprint density at radius 2 is 2.31 bits per heavy atom. The highest BCUT2D eigenvalue weighted by molar-refractivity contribution is 7.46. The summed E-state index contributed by atoms with van der Waals surface area (Å²) in [6.07, 6.45) is 1.49. The van der Waals surface area contributed by atoms with Gasteiger partial charge in [-0.15, -0.1) is 0 Å². The standard InChI is InChI=1S/C12H16NO2P/c1-8(5-12(14)15)9-3-4-10(7-13)11(6-9)16-2/h3-4,6-8,13,16H,5H2,1-2H3,(H,14,15). The summed E-state index contributed by atoms with van der Waals surface area (Å²) < 4.78 is 0. The summed E-state index contributed by atoms with van der Waals surface area (Å²) in [4.78, 5) is 10.6. The molecule has 0 aliphatic carbocycles. The quantitative estimate of drug-likeness (QED) is 0.609. The topological polar surface area (TPSA) is 61.1 Å². The Hall–Kier alpha value is -1.21. The maximum Gasteiger partial charge on any atom is 0.303 e. The molecular formula is C12H16NO2P. The van der Waals surface area contributed by atoms with Crippen molar-refractivity contribution in [3.8, 4) is 0 Å². The van der Waals surface area contributed by atoms with E-state index >= 15 is 0 Å². The Kier molecular flexibility index (Phi) is 4.63. The van der Waals surface area contributed by atoms with E-state index in [-0.39, 0.29) is 12.3 Å². The van der Waals surface area contributed by atoms with E-state index in [2.05, 4.69) is 6.66 Å². The number of carboxylic acids is 1. The molecule has 0 saturated heterocycles. The SMILES string of the molecule is CPc1cc(C(C)CC(=O)O)ccc1C=N. The number of nitrogens with one attached hydrogen (secondary N) is 1. The summed E-state index contributed by atoms with van der Waals surface area (Å²) in [5.41, 5.74) is 1.96. The Morgan fingerprint density at radius 1 is 1.62 bits per heavy atom. The third kappa shape index (κ3) is 3.14. The minimum atomic E-state index is -0.774. The number of carboxylic acid groups (broad SMARTS) is 1. The van der Waals surface area contributed by atoms with Crippen molar-refractivity contribution in [1.82, 2.24) is 0 Å². The molecule has 1 rings (SSSR count). The Morgan fingerprint density at radius 3 is 2.81 bits per heavy atom. The fraction of sp³-hybridized carbons (Fsp3) is 0.333. The van der Waals surface area contributed by atoms with Crippen LogP contribution in [0.25, 0.3) is 0 Å². The van der Waals surface area contributed by atoms with Crippen LogP contribution in [0, 0.1) is 5.41 Å². The second-order valence-corrected chi connectivity index (χ2v) is 4.78. The molecule has 0 spiro atoms. The first-order valence-corrected chi connectivity index (χ1v) is 6.62. The Bertz CT molecular complexity index is 404. The van der Waals surface area contributed by atoms with Gasteiger partial charge >= 0.3 is 5.97 Å². The molecule has 1 aromatic rings. The molecule has 0 aromatic heterocycles. The number of rotatable bonds is 5. The van der Waals surface area contributed by atoms with Crippen molar-refractivity contribution in [2.45, 2.75) is 19.3 Å². The van der Waals surface area contributed by atoms with E-state index in [0.717, 1.165) is 16.4 Å². The van der Waals surface area contributed by atoms with Gasteiger partial charge in [0.25, 0.3) is 0 Å². The molecule has 16 heavy (non-hydrogen) atoms. The number of carbonyl (C=O) groups is 1. The van der Waals surface area contributed by atoms with Gasteiger partial charge in [-0.2, -0.15) is 0 Å². The number of hydrogen-bond donors (Lipinski definition) is 2. The lowest BCUT2D eigenvalue weighted by atomic mass is 9.97. The molecule has 86 valence electrons. The zero-order chi connectivity index (χ0) is 12.1. The average Bonchev–Trinajstić information content (AvgIpc) is 2.27. The van der Waals surface area contributed by atoms with Crippen molar-refractivity contribution in [2.75, 3.05) is 6.66 Å². The minimum absolute atomic E-state index is 0.0207. The fourth-order valence-corrected chi connectivity index (χ4v) is 2.36. The molecule has 3 nitrogen and oxygen atoms in total. The van der Waals surface area contributed by atoms with Gasteiger partial charge in [0.2, 0.25) is 0 Å². The van der Waals surface area contributed by atoms with Crippen LogP contribution in [0.15, 0.2) is 18.2 Å². The molecular weight excluding hydrogens is 221 g/mol. The van der Waals surface area contributed by atoms with Crippen LogP contribution in [-0.4, -0.2) is 24.0 Å². The molecule has 2 N–H and O–H groups in total. The van der Waals surface area contributed by atoms with Crippen LogP contribution in [0.1, 0.15) is 30.4 Å². The largest absolute Gasteiger partial charge is 0.481 e. The second-order valence-electron chi connectivity index (χ2n) is 3.74. The summed E-state index contributed by atoms with van der Waals surface area (Å²) >= 11 is 0. The minimum Gasteiger partial charge on any atom is -0.481 e. The fourth-order valence-electron chi connectivity index (χ4n) is 1.60. The van der Waals surface area contributed by atoms with Crippen LogP contribution >= 0.6 is 8.58 Å². The maximum absolute atomic E-state index is 10.6. The third-order valence-corrected chi connectivity index (χ3v) is 3.52. The molecule has 0 fully saturated rings. The molecule has 2 unspecified atom stereocenters. The van der Waals surface area contributed by atoms with Crippen molar-refractivity contribution in [3.63, 3.8) is 0 Å². The molecule has 0 aliphatic heterocycles. The molecule has 0 radical (unpaired) electrons. The van der Waals surface area contributed by atoms with Gasteiger partial charge in [-0.05, 0) is 29.0 Å². The Balaban J connectivity index is 2.98. The van der Waals surface area contributed by atoms with Crippen molar-refractivity contribution >= 4 is 26.1 Å². The number of benzene rings is 1. The monoisotopic (exact) mass is 237 g/mol. The van der Waals surface area contributed by atoms with Crippen LogP contribution < -0.4 is 5.30 Å². The van der Waals surface area contributed by atoms with Gasteiger partial charge in [0.15, 0.2) is 0 Å². The second kappa shape index (κ2) is 5.76. The normalized spacial score (nSPS) is 12.9. The number of aliphatic carboxylic acids is 1. The highest BCUT2D eigenvalue weighted by Gasteiger charge is 2.11. The summed E-state index contributed by atoms with van der Waals surface area (Å²) in [6.45, 7) is 3.98. The lowest BCUT2D eigenvalue weighted by Gasteiger charge is -2.12. The zero-order valence-electron chi connectivity index (χ0n) is 9.45. The molecule has 0 amide bonds. The van der Waals surface area contributed by atoms with E-state index < -0.39 is 5.97 Å². The van der Waals surface area contributed by atoms with E-state index in [9.17, 15) is 4.79 Å². The van der Waals surface area contributed by atoms with Crippen LogP contribution in [-0.2, 0) is 4.79 Å². The molecule has 0 heterocycles. The molecule has 2 atom stereocenters. The van der Waals surface area contributed by atoms with Gasteiger partial charge in [0.05, 0.1) is 6.42 Å². The molecule has 0 aliphatic rings. The Labute approximate surface area is 97.2 Å². The highest BCUT2D eigenvalue weighted by atomic mass is 31.1. The van der Waals surface area contributed by atoms with Crippen LogP contribution in [0.4, 0.5) is 0 Å². The summed E-state index contributed by atoms with van der Waals surface area (Å²) in [7, 11) is 0.622. The van der Waals surface area contributed by atoms with Crippen LogP contribution in [0.2, 0.25) is 0 Å². The summed E-state index contributed by atoms with van der Waals surface area (Å²) in [5, 5.41) is 17.1. The average molecular weight is 237 g/mol. The van der Waals surface area contributed by atoms with Crippen LogP contribution in [0.3, 0.4) is 0 Å². The lowest BCUT2D eigenvalue weighted by molar-refractivity contribution is -0.137. The first-order chi connectivity index (χ1) is 7.58. The predicted molar refractivity (Wildman–Crippen MR) is 68.9 cm³/mol.